The van der Waals surface area contributed by atoms with Crippen molar-refractivity contribution >= 4 is 11.6 Å². The molecule has 3 N–H and O–H groups in total. The van der Waals surface area contributed by atoms with Crippen molar-refractivity contribution in [1.29, 1.82) is 0 Å². The third-order valence-electron chi connectivity index (χ3n) is 2.85. The summed E-state index contributed by atoms with van der Waals surface area (Å²) < 4.78 is 0. The molecule has 17 heavy (non-hydrogen) atoms. The number of phenolic OH excluding ortho intramolecular Hbond substituents is 1. The second-order valence-corrected chi connectivity index (χ2v) is 4.53. The zero-order valence-electron chi connectivity index (χ0n) is 9.99. The third-order valence-corrected chi connectivity index (χ3v) is 2.85. The van der Waals surface area contributed by atoms with Crippen LogP contribution in [0.15, 0.2) is 18.2 Å². The first-order valence-corrected chi connectivity index (χ1v) is 5.98. The van der Waals surface area contributed by atoms with Gasteiger partial charge in [-0.1, -0.05) is 0 Å². The Balaban J connectivity index is 1.79. The van der Waals surface area contributed by atoms with Crippen LogP contribution >= 0.6 is 0 Å². The highest BCUT2D eigenvalue weighted by Crippen LogP contribution is 2.20. The Hall–Kier alpha value is -1.55. The number of phenols is 1. The molecule has 1 aromatic carbocycles. The topological polar surface area (TPSA) is 61.4 Å². The number of carbonyl (C=O) groups excluding carboxylic acids is 1. The van der Waals surface area contributed by atoms with Crippen LogP contribution in [0.3, 0.4) is 0 Å². The molecule has 92 valence electrons. The fourth-order valence-corrected chi connectivity index (χ4v) is 1.68. The first-order valence-electron chi connectivity index (χ1n) is 5.98. The second kappa shape index (κ2) is 5.19. The molecule has 0 radical (unpaired) electrons. The van der Waals surface area contributed by atoms with Gasteiger partial charge in [-0.2, -0.15) is 0 Å². The highest BCUT2D eigenvalue weighted by atomic mass is 16.3. The van der Waals surface area contributed by atoms with Crippen LogP contribution in [-0.4, -0.2) is 23.6 Å². The van der Waals surface area contributed by atoms with Gasteiger partial charge in [-0.25, -0.2) is 0 Å². The third kappa shape index (κ3) is 3.75. The maximum atomic E-state index is 11.6. The van der Waals surface area contributed by atoms with Crippen molar-refractivity contribution in [2.75, 3.05) is 11.9 Å². The van der Waals surface area contributed by atoms with Crippen LogP contribution < -0.4 is 10.6 Å². The zero-order chi connectivity index (χ0) is 12.3. The number of rotatable bonds is 5. The minimum Gasteiger partial charge on any atom is -0.508 e. The number of hydrogen-bond donors (Lipinski definition) is 3. The SMILES string of the molecule is Cc1cc(O)ccc1NC(=O)CCNC1CC1. The lowest BCUT2D eigenvalue weighted by Crippen LogP contribution is -2.23. The van der Waals surface area contributed by atoms with Crippen LogP contribution in [0.2, 0.25) is 0 Å². The van der Waals surface area contributed by atoms with E-state index in [1.165, 1.54) is 12.8 Å². The quantitative estimate of drug-likeness (QED) is 0.681. The summed E-state index contributed by atoms with van der Waals surface area (Å²) in [5.41, 5.74) is 1.63. The van der Waals surface area contributed by atoms with Crippen LogP contribution in [-0.2, 0) is 4.79 Å². The molecule has 0 aromatic heterocycles. The van der Waals surface area contributed by atoms with Crippen LogP contribution in [0.1, 0.15) is 24.8 Å². The van der Waals surface area contributed by atoms with E-state index in [9.17, 15) is 9.90 Å². The molecule has 1 aromatic rings. The lowest BCUT2D eigenvalue weighted by atomic mass is 10.2. The lowest BCUT2D eigenvalue weighted by molar-refractivity contribution is -0.116. The Kier molecular flexibility index (Phi) is 3.64. The molecule has 0 bridgehead atoms. The minimum atomic E-state index is 0.00643. The van der Waals surface area contributed by atoms with Gasteiger partial charge in [0.2, 0.25) is 5.91 Å². The average Bonchev–Trinajstić information content (AvgIpc) is 3.06. The van der Waals surface area contributed by atoms with Crippen LogP contribution in [0.4, 0.5) is 5.69 Å². The van der Waals surface area contributed by atoms with Crippen molar-refractivity contribution < 1.29 is 9.90 Å². The predicted octanol–water partition coefficient (Wildman–Crippen LogP) is 1.78. The van der Waals surface area contributed by atoms with E-state index in [0.29, 0.717) is 12.5 Å². The number of hydrogen-bond acceptors (Lipinski definition) is 3. The Bertz CT molecular complexity index is 414. The normalized spacial score (nSPS) is 14.6. The summed E-state index contributed by atoms with van der Waals surface area (Å²) in [6.45, 7) is 2.59. The van der Waals surface area contributed by atoms with E-state index < -0.39 is 0 Å². The van der Waals surface area contributed by atoms with Crippen molar-refractivity contribution in [3.8, 4) is 5.75 Å². The second-order valence-electron chi connectivity index (χ2n) is 4.53. The fraction of sp³-hybridized carbons (Fsp3) is 0.462. The zero-order valence-corrected chi connectivity index (χ0v) is 9.99. The number of anilines is 1. The van der Waals surface area contributed by atoms with E-state index in [1.807, 2.05) is 6.92 Å². The molecule has 1 saturated carbocycles. The summed E-state index contributed by atoms with van der Waals surface area (Å²) >= 11 is 0. The largest absolute Gasteiger partial charge is 0.508 e. The predicted molar refractivity (Wildman–Crippen MR) is 67.1 cm³/mol. The monoisotopic (exact) mass is 234 g/mol. The molecule has 4 nitrogen and oxygen atoms in total. The maximum Gasteiger partial charge on any atom is 0.225 e. The Morgan fingerprint density at radius 3 is 2.88 bits per heavy atom. The van der Waals surface area contributed by atoms with Crippen molar-refractivity contribution in [1.82, 2.24) is 5.32 Å². The number of aryl methyl sites for hydroxylation is 1. The van der Waals surface area contributed by atoms with Gasteiger partial charge in [0.25, 0.3) is 0 Å². The first-order chi connectivity index (χ1) is 8.15. The highest BCUT2D eigenvalue weighted by molar-refractivity contribution is 5.91. The molecule has 0 spiro atoms. The number of aromatic hydroxyl groups is 1. The van der Waals surface area contributed by atoms with Gasteiger partial charge < -0.3 is 15.7 Å². The van der Waals surface area contributed by atoms with E-state index in [4.69, 9.17) is 0 Å². The summed E-state index contributed by atoms with van der Waals surface area (Å²) in [6.07, 6.45) is 2.95. The molecule has 0 aliphatic heterocycles. The van der Waals surface area contributed by atoms with Crippen LogP contribution in [0, 0.1) is 6.92 Å². The summed E-state index contributed by atoms with van der Waals surface area (Å²) in [6, 6.07) is 5.57. The Morgan fingerprint density at radius 2 is 2.24 bits per heavy atom. The van der Waals surface area contributed by atoms with Gasteiger partial charge in [0.15, 0.2) is 0 Å². The molecule has 0 saturated heterocycles. The molecule has 0 unspecified atom stereocenters. The molecule has 1 aliphatic rings. The van der Waals surface area contributed by atoms with Gasteiger partial charge in [0.05, 0.1) is 0 Å². The van der Waals surface area contributed by atoms with E-state index in [1.54, 1.807) is 18.2 Å². The van der Waals surface area contributed by atoms with Crippen molar-refractivity contribution in [2.24, 2.45) is 0 Å². The summed E-state index contributed by atoms with van der Waals surface area (Å²) in [4.78, 5) is 11.6. The van der Waals surface area contributed by atoms with E-state index in [0.717, 1.165) is 17.8 Å². The first kappa shape index (κ1) is 11.9. The number of benzene rings is 1. The van der Waals surface area contributed by atoms with Gasteiger partial charge in [-0.15, -0.1) is 0 Å². The van der Waals surface area contributed by atoms with E-state index >= 15 is 0 Å². The average molecular weight is 234 g/mol. The lowest BCUT2D eigenvalue weighted by Gasteiger charge is -2.09. The standard InChI is InChI=1S/C13H18N2O2/c1-9-8-11(16)4-5-12(9)15-13(17)6-7-14-10-2-3-10/h4-5,8,10,14,16H,2-3,6-7H2,1H3,(H,15,17). The van der Waals surface area contributed by atoms with Crippen LogP contribution in [0.25, 0.3) is 0 Å². The maximum absolute atomic E-state index is 11.6. The van der Waals surface area contributed by atoms with Gasteiger partial charge >= 0.3 is 0 Å². The van der Waals surface area contributed by atoms with Crippen molar-refractivity contribution in [3.05, 3.63) is 23.8 Å². The fourth-order valence-electron chi connectivity index (χ4n) is 1.68. The molecule has 1 amide bonds. The van der Waals surface area contributed by atoms with E-state index in [2.05, 4.69) is 10.6 Å². The van der Waals surface area contributed by atoms with Crippen LogP contribution in [0.5, 0.6) is 5.75 Å². The van der Waals surface area contributed by atoms with E-state index in [-0.39, 0.29) is 11.7 Å². The molecule has 1 aliphatic carbocycles. The smallest absolute Gasteiger partial charge is 0.225 e. The number of carbonyl (C=O) groups is 1. The van der Waals surface area contributed by atoms with Gasteiger partial charge in [0, 0.05) is 24.7 Å². The van der Waals surface area contributed by atoms with Gasteiger partial charge in [-0.3, -0.25) is 4.79 Å². The minimum absolute atomic E-state index is 0.00643. The molecule has 4 heteroatoms. The molecular formula is C13H18N2O2. The molecule has 1 fully saturated rings. The van der Waals surface area contributed by atoms with Crippen molar-refractivity contribution in [2.45, 2.75) is 32.2 Å². The summed E-state index contributed by atoms with van der Waals surface area (Å²) in [5.74, 6) is 0.225. The van der Waals surface area contributed by atoms with Gasteiger partial charge in [0.1, 0.15) is 5.75 Å². The molecule has 2 rings (SSSR count). The van der Waals surface area contributed by atoms with Gasteiger partial charge in [-0.05, 0) is 43.5 Å². The Morgan fingerprint density at radius 1 is 1.47 bits per heavy atom. The molecular weight excluding hydrogens is 216 g/mol. The van der Waals surface area contributed by atoms with Crippen molar-refractivity contribution in [3.63, 3.8) is 0 Å². The molecule has 0 atom stereocenters. The summed E-state index contributed by atoms with van der Waals surface area (Å²) in [5, 5.41) is 15.4. The summed E-state index contributed by atoms with van der Waals surface area (Å²) in [7, 11) is 0. The number of amides is 1. The number of nitrogens with one attached hydrogen (secondary N) is 2. The Labute approximate surface area is 101 Å². The molecule has 0 heterocycles. The highest BCUT2D eigenvalue weighted by Gasteiger charge is 2.20.